The number of amides is 2. The molecular formula is C21H19NO6S. The van der Waals surface area contributed by atoms with Crippen LogP contribution in [0.3, 0.4) is 0 Å². The van der Waals surface area contributed by atoms with Gasteiger partial charge in [0.2, 0.25) is 0 Å². The second kappa shape index (κ2) is 8.83. The summed E-state index contributed by atoms with van der Waals surface area (Å²) < 4.78 is 10.6. The first-order valence-electron chi connectivity index (χ1n) is 8.71. The molecule has 0 aromatic heterocycles. The second-order valence-corrected chi connectivity index (χ2v) is 7.31. The van der Waals surface area contributed by atoms with Crippen molar-refractivity contribution in [3.05, 3.63) is 64.1 Å². The lowest BCUT2D eigenvalue weighted by atomic mass is 10.1. The Kier molecular flexibility index (Phi) is 6.23. The standard InChI is InChI=1S/C21H19NO6S/c1-13-5-3-6-14(9-13)11-22-20(25)17(29-21(22)26)10-15-7-4-8-16(27-2)19(15)28-12-18(23)24/h3-10H,11-12H2,1-2H3,(H,23,24)/b17-10+. The van der Waals surface area contributed by atoms with Crippen LogP contribution in [-0.2, 0) is 16.1 Å². The Bertz CT molecular complexity index is 1000. The highest BCUT2D eigenvalue weighted by molar-refractivity contribution is 8.18. The van der Waals surface area contributed by atoms with E-state index in [0.717, 1.165) is 22.9 Å². The number of benzene rings is 2. The summed E-state index contributed by atoms with van der Waals surface area (Å²) in [5, 5.41) is 8.53. The number of hydrogen-bond donors (Lipinski definition) is 1. The Morgan fingerprint density at radius 2 is 1.97 bits per heavy atom. The summed E-state index contributed by atoms with van der Waals surface area (Å²) in [5.74, 6) is -1.02. The summed E-state index contributed by atoms with van der Waals surface area (Å²) in [5.41, 5.74) is 2.36. The van der Waals surface area contributed by atoms with E-state index in [9.17, 15) is 14.4 Å². The van der Waals surface area contributed by atoms with Gasteiger partial charge in [0.15, 0.2) is 18.1 Å². The van der Waals surface area contributed by atoms with E-state index in [4.69, 9.17) is 14.6 Å². The Labute approximate surface area is 171 Å². The van der Waals surface area contributed by atoms with Crippen LogP contribution in [0.1, 0.15) is 16.7 Å². The molecule has 0 atom stereocenters. The van der Waals surface area contributed by atoms with E-state index in [1.807, 2.05) is 31.2 Å². The predicted molar refractivity (Wildman–Crippen MR) is 109 cm³/mol. The first kappa shape index (κ1) is 20.5. The maximum absolute atomic E-state index is 12.8. The zero-order chi connectivity index (χ0) is 21.0. The molecule has 0 bridgehead atoms. The highest BCUT2D eigenvalue weighted by Gasteiger charge is 2.35. The minimum absolute atomic E-state index is 0.185. The number of aliphatic carboxylic acids is 1. The Morgan fingerprint density at radius 3 is 2.66 bits per heavy atom. The SMILES string of the molecule is COc1cccc(/C=C2/SC(=O)N(Cc3cccc(C)c3)C2=O)c1OCC(=O)O. The van der Waals surface area contributed by atoms with Gasteiger partial charge >= 0.3 is 5.97 Å². The molecule has 2 aromatic carbocycles. The van der Waals surface area contributed by atoms with Crippen molar-refractivity contribution >= 4 is 35.0 Å². The molecule has 1 N–H and O–H groups in total. The van der Waals surface area contributed by atoms with E-state index in [0.29, 0.717) is 11.3 Å². The van der Waals surface area contributed by atoms with Crippen LogP contribution in [-0.4, -0.2) is 40.8 Å². The summed E-state index contributed by atoms with van der Waals surface area (Å²) in [6.45, 7) is 1.57. The van der Waals surface area contributed by atoms with Crippen molar-refractivity contribution in [2.24, 2.45) is 0 Å². The number of methoxy groups -OCH3 is 1. The molecule has 0 unspecified atom stereocenters. The lowest BCUT2D eigenvalue weighted by molar-refractivity contribution is -0.139. The number of ether oxygens (including phenoxy) is 2. The fraction of sp³-hybridized carbons (Fsp3) is 0.190. The van der Waals surface area contributed by atoms with Crippen LogP contribution in [0, 0.1) is 6.92 Å². The summed E-state index contributed by atoms with van der Waals surface area (Å²) in [4.78, 5) is 37.5. The molecule has 1 heterocycles. The summed E-state index contributed by atoms with van der Waals surface area (Å²) >= 11 is 0.832. The number of carbonyl (C=O) groups excluding carboxylic acids is 2. The van der Waals surface area contributed by atoms with Gasteiger partial charge < -0.3 is 14.6 Å². The van der Waals surface area contributed by atoms with Gasteiger partial charge in [0.1, 0.15) is 0 Å². The van der Waals surface area contributed by atoms with Crippen LogP contribution in [0.15, 0.2) is 47.4 Å². The minimum atomic E-state index is -1.14. The van der Waals surface area contributed by atoms with Crippen molar-refractivity contribution in [2.75, 3.05) is 13.7 Å². The van der Waals surface area contributed by atoms with Crippen molar-refractivity contribution in [3.8, 4) is 11.5 Å². The van der Waals surface area contributed by atoms with E-state index < -0.39 is 18.5 Å². The maximum atomic E-state index is 12.8. The van der Waals surface area contributed by atoms with Gasteiger partial charge in [-0.1, -0.05) is 42.0 Å². The summed E-state index contributed by atoms with van der Waals surface area (Å²) in [6.07, 6.45) is 1.51. The van der Waals surface area contributed by atoms with Crippen molar-refractivity contribution in [2.45, 2.75) is 13.5 Å². The largest absolute Gasteiger partial charge is 0.493 e. The number of rotatable bonds is 7. The first-order chi connectivity index (χ1) is 13.9. The molecule has 7 nitrogen and oxygen atoms in total. The number of nitrogens with zero attached hydrogens (tertiary/aromatic N) is 1. The average molecular weight is 413 g/mol. The highest BCUT2D eigenvalue weighted by Crippen LogP contribution is 2.37. The smallest absolute Gasteiger partial charge is 0.341 e. The van der Waals surface area contributed by atoms with Gasteiger partial charge in [-0.25, -0.2) is 4.79 Å². The highest BCUT2D eigenvalue weighted by atomic mass is 32.2. The molecule has 1 fully saturated rings. The fourth-order valence-corrected chi connectivity index (χ4v) is 3.70. The number of hydrogen-bond acceptors (Lipinski definition) is 6. The van der Waals surface area contributed by atoms with E-state index >= 15 is 0 Å². The molecule has 0 saturated carbocycles. The zero-order valence-corrected chi connectivity index (χ0v) is 16.7. The maximum Gasteiger partial charge on any atom is 0.341 e. The molecule has 0 spiro atoms. The van der Waals surface area contributed by atoms with Gasteiger partial charge in [-0.3, -0.25) is 14.5 Å². The Balaban J connectivity index is 1.88. The van der Waals surface area contributed by atoms with Crippen LogP contribution in [0.5, 0.6) is 11.5 Å². The molecular weight excluding hydrogens is 394 g/mol. The quantitative estimate of drug-likeness (QED) is 0.692. The molecule has 1 aliphatic heterocycles. The van der Waals surface area contributed by atoms with Gasteiger partial charge in [0, 0.05) is 5.56 Å². The van der Waals surface area contributed by atoms with E-state index in [2.05, 4.69) is 0 Å². The average Bonchev–Trinajstić information content (AvgIpc) is 2.94. The molecule has 150 valence electrons. The molecule has 1 aliphatic rings. The third-order valence-electron chi connectivity index (χ3n) is 4.15. The lowest BCUT2D eigenvalue weighted by Gasteiger charge is -2.13. The van der Waals surface area contributed by atoms with Gasteiger partial charge in [-0.2, -0.15) is 0 Å². The van der Waals surface area contributed by atoms with Gasteiger partial charge in [-0.05, 0) is 36.4 Å². The Hall–Kier alpha value is -3.26. The second-order valence-electron chi connectivity index (χ2n) is 6.32. The van der Waals surface area contributed by atoms with Crippen LogP contribution >= 0.6 is 11.8 Å². The number of carboxylic acids is 1. The van der Waals surface area contributed by atoms with E-state index in [1.54, 1.807) is 18.2 Å². The van der Waals surface area contributed by atoms with Gasteiger partial charge in [0.05, 0.1) is 18.6 Å². The third kappa shape index (κ3) is 4.78. The molecule has 8 heteroatoms. The minimum Gasteiger partial charge on any atom is -0.493 e. The number of imide groups is 1. The molecule has 3 rings (SSSR count). The molecule has 0 radical (unpaired) electrons. The molecule has 2 aromatic rings. The van der Waals surface area contributed by atoms with Crippen LogP contribution < -0.4 is 9.47 Å². The number of thioether (sulfide) groups is 1. The van der Waals surface area contributed by atoms with Gasteiger partial charge in [-0.15, -0.1) is 0 Å². The number of aryl methyl sites for hydroxylation is 1. The van der Waals surface area contributed by atoms with Crippen LogP contribution in [0.25, 0.3) is 6.08 Å². The number of carboxylic acid groups (broad SMARTS) is 1. The van der Waals surface area contributed by atoms with Crippen molar-refractivity contribution in [1.29, 1.82) is 0 Å². The monoisotopic (exact) mass is 413 g/mol. The van der Waals surface area contributed by atoms with Crippen molar-refractivity contribution in [3.63, 3.8) is 0 Å². The topological polar surface area (TPSA) is 93.1 Å². The summed E-state index contributed by atoms with van der Waals surface area (Å²) in [7, 11) is 1.43. The molecule has 29 heavy (non-hydrogen) atoms. The van der Waals surface area contributed by atoms with Crippen LogP contribution in [0.4, 0.5) is 4.79 Å². The molecule has 2 amide bonds. The molecule has 1 saturated heterocycles. The zero-order valence-electron chi connectivity index (χ0n) is 15.9. The summed E-state index contributed by atoms with van der Waals surface area (Å²) in [6, 6.07) is 12.6. The van der Waals surface area contributed by atoms with Crippen molar-refractivity contribution < 1.29 is 29.0 Å². The number of para-hydroxylation sites is 1. The normalized spacial score (nSPS) is 15.1. The fourth-order valence-electron chi connectivity index (χ4n) is 2.87. The molecule has 0 aliphatic carbocycles. The van der Waals surface area contributed by atoms with Crippen molar-refractivity contribution in [1.82, 2.24) is 4.90 Å². The first-order valence-corrected chi connectivity index (χ1v) is 9.53. The van der Waals surface area contributed by atoms with Crippen LogP contribution in [0.2, 0.25) is 0 Å². The van der Waals surface area contributed by atoms with E-state index in [1.165, 1.54) is 18.1 Å². The van der Waals surface area contributed by atoms with E-state index in [-0.39, 0.29) is 22.4 Å². The third-order valence-corrected chi connectivity index (χ3v) is 5.06. The lowest BCUT2D eigenvalue weighted by Crippen LogP contribution is -2.27. The van der Waals surface area contributed by atoms with Gasteiger partial charge in [0.25, 0.3) is 11.1 Å². The predicted octanol–water partition coefficient (Wildman–Crippen LogP) is 3.70. The number of carbonyl (C=O) groups is 3. The Morgan fingerprint density at radius 1 is 1.21 bits per heavy atom.